The van der Waals surface area contributed by atoms with E-state index in [-0.39, 0.29) is 24.9 Å². The van der Waals surface area contributed by atoms with Crippen molar-refractivity contribution in [2.24, 2.45) is 56.2 Å². The van der Waals surface area contributed by atoms with Gasteiger partial charge in [0.2, 0.25) is 0 Å². The Morgan fingerprint density at radius 1 is 0.693 bits per heavy atom. The maximum Gasteiger partial charge on any atom is 0.338 e. The van der Waals surface area contributed by atoms with E-state index in [1.165, 1.54) is 6.08 Å². The van der Waals surface area contributed by atoms with Gasteiger partial charge in [-0.25, -0.2) is 9.59 Å². The molecule has 3 heterocycles. The van der Waals surface area contributed by atoms with E-state index in [2.05, 4.69) is 33.8 Å². The Morgan fingerprint density at radius 2 is 1.32 bits per heavy atom. The Balaban J connectivity index is 1.04. The number of carbonyl (C=O) groups is 3. The first kappa shape index (κ1) is 68.8. The summed E-state index contributed by atoms with van der Waals surface area (Å²) in [6.07, 6.45) is -21.5. The number of benzene rings is 1. The molecule has 9 rings (SSSR count). The fraction of sp³-hybridized carbons (Fsp3) is 0.800. The second kappa shape index (κ2) is 26.4. The third-order valence-corrected chi connectivity index (χ3v) is 22.8. The predicted octanol–water partition coefficient (Wildman–Crippen LogP) is 2.35. The fourth-order valence-electron chi connectivity index (χ4n) is 17.3. The molecule has 27 atom stereocenters. The number of fused-ring (bicyclic) bond motifs is 7. The number of allylic oxidation sites excluding steroid dienone is 1. The summed E-state index contributed by atoms with van der Waals surface area (Å²) in [6.45, 7) is 17.6. The van der Waals surface area contributed by atoms with Crippen LogP contribution in [0, 0.1) is 56.2 Å². The van der Waals surface area contributed by atoms with Gasteiger partial charge in [-0.05, 0) is 97.0 Å². The first-order chi connectivity index (χ1) is 41.5. The van der Waals surface area contributed by atoms with Crippen LogP contribution in [0.1, 0.15) is 133 Å². The maximum absolute atomic E-state index is 14.2. The standard InChI is InChI=1S/C65H98O23/c1-11-13-27-80-56(79)50-48(85-57-45(73)43(71)37(30-67)82-57)47(75)49(86-58-46(74)44(72)42(70)36(29-66)81-58)59(87-50)83-40-24-25-62(8)38(61(40,6)7)23-26-63(9)39(62)21-20-34-35-28-60(4,5)53(84-41(69)22-19-33-17-15-14-16-18-33)54(88-55(78)32(3)12-2)65(35,31-68)52(77)51(76)64(34,63)10/h14-20,22,32,35-40,42-54,57-59,66-68,70-77H,11-13,21,23-31H2,1-10H3/b22-19+/t32-,35-,36+,37-,38+,39+,40+,42+,43-,44-,45+,46+,47-,48-,49+,50-,51-,52-,53-,54-,57-,58-,59+,62-,63+,64+,65+/m1/s1. The van der Waals surface area contributed by atoms with Gasteiger partial charge in [0.25, 0.3) is 0 Å². The van der Waals surface area contributed by atoms with Crippen LogP contribution in [0.2, 0.25) is 0 Å². The lowest BCUT2D eigenvalue weighted by Crippen LogP contribution is -2.76. The summed E-state index contributed by atoms with van der Waals surface area (Å²) >= 11 is 0. The minimum Gasteiger partial charge on any atom is -0.464 e. The van der Waals surface area contributed by atoms with Crippen LogP contribution in [0.15, 0.2) is 48.1 Å². The highest BCUT2D eigenvalue weighted by Crippen LogP contribution is 2.76. The van der Waals surface area contributed by atoms with Gasteiger partial charge in [-0.15, -0.1) is 0 Å². The van der Waals surface area contributed by atoms with Crippen LogP contribution in [0.25, 0.3) is 6.08 Å². The van der Waals surface area contributed by atoms with Crippen LogP contribution < -0.4 is 0 Å². The zero-order chi connectivity index (χ0) is 64.4. The van der Waals surface area contributed by atoms with Gasteiger partial charge in [0.1, 0.15) is 67.1 Å². The third-order valence-electron chi connectivity index (χ3n) is 22.8. The van der Waals surface area contributed by atoms with E-state index in [0.29, 0.717) is 51.4 Å². The number of unbranched alkanes of at least 4 members (excludes halogenated alkanes) is 1. The van der Waals surface area contributed by atoms with E-state index in [1.807, 2.05) is 65.0 Å². The summed E-state index contributed by atoms with van der Waals surface area (Å²) < 4.78 is 55.7. The number of hydrogen-bond acceptors (Lipinski definition) is 23. The van der Waals surface area contributed by atoms with Crippen LogP contribution in [0.5, 0.6) is 0 Å². The van der Waals surface area contributed by atoms with Gasteiger partial charge < -0.3 is 98.8 Å². The van der Waals surface area contributed by atoms with Crippen molar-refractivity contribution < 1.29 is 113 Å². The Labute approximate surface area is 515 Å². The molecule has 4 saturated carbocycles. The highest BCUT2D eigenvalue weighted by molar-refractivity contribution is 5.87. The molecule has 3 aliphatic heterocycles. The highest BCUT2D eigenvalue weighted by Gasteiger charge is 2.76. The number of aliphatic hydroxyl groups is 11. The lowest BCUT2D eigenvalue weighted by Gasteiger charge is -2.73. The lowest BCUT2D eigenvalue weighted by molar-refractivity contribution is -0.383. The van der Waals surface area contributed by atoms with Crippen LogP contribution in [-0.2, 0) is 57.0 Å². The van der Waals surface area contributed by atoms with Gasteiger partial charge in [-0.1, -0.05) is 118 Å². The Morgan fingerprint density at radius 3 is 1.93 bits per heavy atom. The SMILES string of the molecule is CCCCOC(=O)[C@@H]1O[C@H](O[C@H]2CC[C@]3(C)[C@@H](CC[C@@]4(C)[C@H]3CC=C3[C@H]5CC(C)(C)[C@H](OC(=O)/C=C/c6ccccc6)[C@@H](OC(=O)[C@H](C)CC)[C@]5(CO)[C@H](O)[C@@H](O)[C@]34C)C2(C)C)[C@@H](O[C@H]2O[C@@H](CO)[C@H](O)[C@@H](O)[C@@H]2O)[C@H](O)[C@H]1O[C@H]1O[C@H](CO)[C@@H](O)[C@@H]1O. The molecule has 0 spiro atoms. The molecule has 5 aliphatic carbocycles. The van der Waals surface area contributed by atoms with Gasteiger partial charge >= 0.3 is 17.9 Å². The average molecular weight is 1250 g/mol. The van der Waals surface area contributed by atoms with Crippen LogP contribution in [0.4, 0.5) is 0 Å². The molecule has 0 unspecified atom stereocenters. The van der Waals surface area contributed by atoms with E-state index in [0.717, 1.165) is 11.1 Å². The molecule has 0 radical (unpaired) electrons. The Hall–Kier alpha value is -3.57. The number of esters is 3. The smallest absolute Gasteiger partial charge is 0.338 e. The third kappa shape index (κ3) is 11.7. The molecule has 11 N–H and O–H groups in total. The van der Waals surface area contributed by atoms with Crippen LogP contribution in [-0.4, -0.2) is 217 Å². The monoisotopic (exact) mass is 1250 g/mol. The van der Waals surface area contributed by atoms with Crippen molar-refractivity contribution in [1.82, 2.24) is 0 Å². The molecule has 23 heteroatoms. The maximum atomic E-state index is 14.2. The minimum absolute atomic E-state index is 0.0509. The van der Waals surface area contributed by atoms with Crippen LogP contribution >= 0.6 is 0 Å². The van der Waals surface area contributed by atoms with Crippen molar-refractivity contribution >= 4 is 24.0 Å². The highest BCUT2D eigenvalue weighted by atomic mass is 16.8. The first-order valence-corrected chi connectivity index (χ1v) is 31.7. The van der Waals surface area contributed by atoms with E-state index in [9.17, 15) is 70.6 Å². The molecular weight excluding hydrogens is 1150 g/mol. The molecule has 0 amide bonds. The molecule has 23 nitrogen and oxygen atoms in total. The normalized spacial score (nSPS) is 45.6. The number of carbonyl (C=O) groups excluding carboxylic acids is 3. The summed E-state index contributed by atoms with van der Waals surface area (Å²) in [4.78, 5) is 42.1. The Bertz CT molecular complexity index is 2650. The van der Waals surface area contributed by atoms with Gasteiger partial charge in [0.05, 0.1) is 56.1 Å². The number of ether oxygens (including phenoxy) is 9. The quantitative estimate of drug-likeness (QED) is 0.0236. The largest absolute Gasteiger partial charge is 0.464 e. The van der Waals surface area contributed by atoms with Gasteiger partial charge in [0.15, 0.2) is 31.1 Å². The average Bonchev–Trinajstić information content (AvgIpc) is 0.690. The van der Waals surface area contributed by atoms with Crippen molar-refractivity contribution in [1.29, 1.82) is 0 Å². The van der Waals surface area contributed by atoms with E-state index < -0.39 is 199 Å². The lowest BCUT2D eigenvalue weighted by atomic mass is 9.32. The van der Waals surface area contributed by atoms with E-state index in [1.54, 1.807) is 13.0 Å². The zero-order valence-electron chi connectivity index (χ0n) is 52.4. The topological polar surface area (TPSA) is 357 Å². The van der Waals surface area contributed by atoms with Gasteiger partial charge in [-0.3, -0.25) is 4.79 Å². The predicted molar refractivity (Wildman–Crippen MR) is 311 cm³/mol. The molecule has 8 aliphatic rings. The summed E-state index contributed by atoms with van der Waals surface area (Å²) in [7, 11) is 0. The minimum atomic E-state index is -1.99. The molecule has 496 valence electrons. The number of hydrogen-bond donors (Lipinski definition) is 11. The fourth-order valence-corrected chi connectivity index (χ4v) is 17.3. The molecule has 88 heavy (non-hydrogen) atoms. The second-order valence-electron chi connectivity index (χ2n) is 28.4. The summed E-state index contributed by atoms with van der Waals surface area (Å²) in [6, 6.07) is 9.20. The van der Waals surface area contributed by atoms with Crippen molar-refractivity contribution in [2.45, 2.75) is 244 Å². The second-order valence-corrected chi connectivity index (χ2v) is 28.4. The van der Waals surface area contributed by atoms with E-state index in [4.69, 9.17) is 42.6 Å². The molecule has 1 aromatic rings. The molecular formula is C65H98O23. The van der Waals surface area contributed by atoms with Gasteiger partial charge in [-0.2, -0.15) is 0 Å². The van der Waals surface area contributed by atoms with Crippen LogP contribution in [0.3, 0.4) is 0 Å². The zero-order valence-corrected chi connectivity index (χ0v) is 52.4. The molecule has 0 bridgehead atoms. The van der Waals surface area contributed by atoms with Crippen molar-refractivity contribution in [2.75, 3.05) is 26.4 Å². The molecule has 0 aromatic heterocycles. The molecule has 7 fully saturated rings. The number of aliphatic hydroxyl groups excluding tert-OH is 11. The molecule has 1 aromatic carbocycles. The summed E-state index contributed by atoms with van der Waals surface area (Å²) in [5, 5.41) is 125. The Kier molecular flexibility index (Phi) is 20.7. The number of rotatable bonds is 19. The summed E-state index contributed by atoms with van der Waals surface area (Å²) in [5.41, 5.74) is -4.12. The van der Waals surface area contributed by atoms with Crippen molar-refractivity contribution in [3.8, 4) is 0 Å². The molecule has 3 saturated heterocycles. The van der Waals surface area contributed by atoms with Gasteiger partial charge in [0, 0.05) is 16.9 Å². The first-order valence-electron chi connectivity index (χ1n) is 31.7. The summed E-state index contributed by atoms with van der Waals surface area (Å²) in [5.74, 6) is -3.80. The van der Waals surface area contributed by atoms with Crippen molar-refractivity contribution in [3.63, 3.8) is 0 Å². The van der Waals surface area contributed by atoms with Crippen molar-refractivity contribution in [3.05, 3.63) is 53.6 Å². The van der Waals surface area contributed by atoms with E-state index >= 15 is 0 Å².